The monoisotopic (exact) mass is 373 g/mol. The van der Waals surface area contributed by atoms with Crippen molar-refractivity contribution in [3.8, 4) is 0 Å². The Morgan fingerprint density at radius 2 is 1.92 bits per heavy atom. The molecule has 0 amide bonds. The Labute approximate surface area is 152 Å². The Kier molecular flexibility index (Phi) is 5.42. The van der Waals surface area contributed by atoms with Crippen LogP contribution in [0.5, 0.6) is 0 Å². The van der Waals surface area contributed by atoms with E-state index in [1.807, 2.05) is 24.3 Å². The van der Waals surface area contributed by atoms with E-state index in [9.17, 15) is 10.1 Å². The summed E-state index contributed by atoms with van der Waals surface area (Å²) in [6.07, 6.45) is 3.10. The van der Waals surface area contributed by atoms with Crippen LogP contribution < -0.4 is 0 Å². The number of hydrogen-bond acceptors (Lipinski definition) is 6. The van der Waals surface area contributed by atoms with E-state index in [2.05, 4.69) is 15.3 Å². The summed E-state index contributed by atoms with van der Waals surface area (Å²) in [6, 6.07) is 13.7. The van der Waals surface area contributed by atoms with Gasteiger partial charge in [-0.05, 0) is 35.4 Å². The molecule has 0 N–H and O–H groups in total. The number of hydrogen-bond donors (Lipinski definition) is 0. The molecule has 0 aliphatic heterocycles. The zero-order chi connectivity index (χ0) is 17.6. The molecular formula is C16H12ClN5O2S. The van der Waals surface area contributed by atoms with Gasteiger partial charge < -0.3 is 0 Å². The first-order valence-corrected chi connectivity index (χ1v) is 8.54. The molecule has 0 aliphatic carbocycles. The van der Waals surface area contributed by atoms with E-state index in [4.69, 9.17) is 11.6 Å². The van der Waals surface area contributed by atoms with Crippen LogP contribution in [0.1, 0.15) is 11.1 Å². The molecule has 2 aromatic carbocycles. The molecule has 0 radical (unpaired) electrons. The van der Waals surface area contributed by atoms with Crippen molar-refractivity contribution >= 4 is 35.3 Å². The molecule has 126 valence electrons. The van der Waals surface area contributed by atoms with Crippen molar-refractivity contribution in [2.75, 3.05) is 0 Å². The molecule has 7 nitrogen and oxygen atoms in total. The number of nitro benzene ring substituents is 1. The zero-order valence-electron chi connectivity index (χ0n) is 12.8. The van der Waals surface area contributed by atoms with Crippen molar-refractivity contribution in [3.05, 3.63) is 81.1 Å². The van der Waals surface area contributed by atoms with Crippen LogP contribution >= 0.6 is 23.4 Å². The van der Waals surface area contributed by atoms with Crippen molar-refractivity contribution in [3.63, 3.8) is 0 Å². The molecular weight excluding hydrogens is 362 g/mol. The number of aromatic nitrogens is 3. The smallest absolute Gasteiger partial charge is 0.258 e. The molecule has 0 spiro atoms. The number of benzene rings is 2. The molecule has 3 rings (SSSR count). The van der Waals surface area contributed by atoms with Crippen LogP contribution in [0.3, 0.4) is 0 Å². The third-order valence-corrected chi connectivity index (χ3v) is 4.47. The van der Waals surface area contributed by atoms with Gasteiger partial charge in [0.15, 0.2) is 0 Å². The first-order chi connectivity index (χ1) is 12.1. The predicted molar refractivity (Wildman–Crippen MR) is 97.1 cm³/mol. The second-order valence-electron chi connectivity index (χ2n) is 4.97. The number of rotatable bonds is 6. The molecule has 0 unspecified atom stereocenters. The fourth-order valence-electron chi connectivity index (χ4n) is 1.93. The Bertz CT molecular complexity index is 894. The summed E-state index contributed by atoms with van der Waals surface area (Å²) in [7, 11) is 0. The summed E-state index contributed by atoms with van der Waals surface area (Å²) in [5.74, 6) is 0.711. The Morgan fingerprint density at radius 1 is 1.20 bits per heavy atom. The van der Waals surface area contributed by atoms with Gasteiger partial charge in [0.2, 0.25) is 5.16 Å². The van der Waals surface area contributed by atoms with E-state index in [-0.39, 0.29) is 5.69 Å². The van der Waals surface area contributed by atoms with Crippen LogP contribution in [0.15, 0.2) is 65.1 Å². The van der Waals surface area contributed by atoms with Crippen LogP contribution in [0.25, 0.3) is 0 Å². The minimum Gasteiger partial charge on any atom is -0.258 e. The Balaban J connectivity index is 1.66. The molecule has 3 aromatic rings. The van der Waals surface area contributed by atoms with E-state index in [0.29, 0.717) is 15.9 Å². The Hall–Kier alpha value is -2.71. The first-order valence-electron chi connectivity index (χ1n) is 7.18. The molecule has 0 bridgehead atoms. The maximum absolute atomic E-state index is 10.7. The average molecular weight is 374 g/mol. The zero-order valence-corrected chi connectivity index (χ0v) is 14.4. The molecule has 1 heterocycles. The van der Waals surface area contributed by atoms with Gasteiger partial charge in [0.25, 0.3) is 5.69 Å². The molecule has 0 fully saturated rings. The summed E-state index contributed by atoms with van der Waals surface area (Å²) in [5, 5.41) is 24.2. The van der Waals surface area contributed by atoms with Crippen LogP contribution in [-0.4, -0.2) is 26.0 Å². The Morgan fingerprint density at radius 3 is 2.60 bits per heavy atom. The third kappa shape index (κ3) is 4.65. The highest BCUT2D eigenvalue weighted by molar-refractivity contribution is 7.98. The SMILES string of the molecule is O=[N+]([O-])c1ccc(/C=N\n2cnnc2SCc2ccc(Cl)cc2)cc1. The van der Waals surface area contributed by atoms with Gasteiger partial charge in [-0.15, -0.1) is 10.2 Å². The first kappa shape index (κ1) is 17.1. The van der Waals surface area contributed by atoms with E-state index in [1.165, 1.54) is 30.2 Å². The van der Waals surface area contributed by atoms with Crippen LogP contribution in [0.4, 0.5) is 5.69 Å². The van der Waals surface area contributed by atoms with Gasteiger partial charge in [0.1, 0.15) is 6.33 Å². The highest BCUT2D eigenvalue weighted by atomic mass is 35.5. The minimum atomic E-state index is -0.438. The lowest BCUT2D eigenvalue weighted by atomic mass is 10.2. The lowest BCUT2D eigenvalue weighted by Crippen LogP contribution is -1.93. The van der Waals surface area contributed by atoms with Crippen LogP contribution in [0, 0.1) is 10.1 Å². The summed E-state index contributed by atoms with van der Waals surface area (Å²) in [5.41, 5.74) is 1.90. The molecule has 0 aliphatic rings. The van der Waals surface area contributed by atoms with Crippen LogP contribution in [0.2, 0.25) is 5.02 Å². The molecule has 0 atom stereocenters. The van der Waals surface area contributed by atoms with E-state index in [1.54, 1.807) is 23.0 Å². The van der Waals surface area contributed by atoms with Gasteiger partial charge in [-0.25, -0.2) is 0 Å². The number of nitro groups is 1. The minimum absolute atomic E-state index is 0.0423. The average Bonchev–Trinajstić information content (AvgIpc) is 3.07. The molecule has 9 heteroatoms. The van der Waals surface area contributed by atoms with Gasteiger partial charge >= 0.3 is 0 Å². The van der Waals surface area contributed by atoms with E-state index >= 15 is 0 Å². The summed E-state index contributed by atoms with van der Waals surface area (Å²) in [6.45, 7) is 0. The van der Waals surface area contributed by atoms with E-state index in [0.717, 1.165) is 11.1 Å². The number of nitrogens with zero attached hydrogens (tertiary/aromatic N) is 5. The maximum atomic E-state index is 10.7. The lowest BCUT2D eigenvalue weighted by Gasteiger charge is -2.01. The number of halogens is 1. The lowest BCUT2D eigenvalue weighted by molar-refractivity contribution is -0.384. The summed E-state index contributed by atoms with van der Waals surface area (Å²) < 4.78 is 1.56. The summed E-state index contributed by atoms with van der Waals surface area (Å²) >= 11 is 7.37. The topological polar surface area (TPSA) is 86.2 Å². The predicted octanol–water partition coefficient (Wildman–Crippen LogP) is 4.01. The molecule has 0 saturated heterocycles. The molecule has 25 heavy (non-hydrogen) atoms. The second kappa shape index (κ2) is 7.91. The molecule has 1 aromatic heterocycles. The standard InChI is InChI=1S/C16H12ClN5O2S/c17-14-5-1-13(2-6-14)10-25-16-20-18-11-21(16)19-9-12-3-7-15(8-4-12)22(23)24/h1-9,11H,10H2/b19-9-. The van der Waals surface area contributed by atoms with Gasteiger partial charge in [-0.3, -0.25) is 10.1 Å². The van der Waals surface area contributed by atoms with Gasteiger partial charge in [-0.2, -0.15) is 9.78 Å². The normalized spacial score (nSPS) is 11.1. The number of non-ortho nitro benzene ring substituents is 1. The van der Waals surface area contributed by atoms with Crippen LogP contribution in [-0.2, 0) is 5.75 Å². The maximum Gasteiger partial charge on any atom is 0.269 e. The van der Waals surface area contributed by atoms with Gasteiger partial charge in [0.05, 0.1) is 11.1 Å². The van der Waals surface area contributed by atoms with Crippen molar-refractivity contribution in [1.29, 1.82) is 0 Å². The second-order valence-corrected chi connectivity index (χ2v) is 6.35. The largest absolute Gasteiger partial charge is 0.269 e. The van der Waals surface area contributed by atoms with Crippen molar-refractivity contribution < 1.29 is 4.92 Å². The fraction of sp³-hybridized carbons (Fsp3) is 0.0625. The highest BCUT2D eigenvalue weighted by Gasteiger charge is 2.05. The van der Waals surface area contributed by atoms with Gasteiger partial charge in [-0.1, -0.05) is 35.5 Å². The van der Waals surface area contributed by atoms with E-state index < -0.39 is 4.92 Å². The van der Waals surface area contributed by atoms with Crippen molar-refractivity contribution in [1.82, 2.24) is 14.9 Å². The summed E-state index contributed by atoms with van der Waals surface area (Å²) in [4.78, 5) is 10.2. The van der Waals surface area contributed by atoms with Crippen molar-refractivity contribution in [2.24, 2.45) is 5.10 Å². The van der Waals surface area contributed by atoms with Crippen molar-refractivity contribution in [2.45, 2.75) is 10.9 Å². The number of thioether (sulfide) groups is 1. The third-order valence-electron chi connectivity index (χ3n) is 3.22. The highest BCUT2D eigenvalue weighted by Crippen LogP contribution is 2.21. The quantitative estimate of drug-likeness (QED) is 0.282. The molecule has 0 saturated carbocycles. The fourth-order valence-corrected chi connectivity index (χ4v) is 2.88. The van der Waals surface area contributed by atoms with Gasteiger partial charge in [0, 0.05) is 22.9 Å².